The summed E-state index contributed by atoms with van der Waals surface area (Å²) in [6.45, 7) is 2.17. The number of nitrogens with zero attached hydrogens (tertiary/aromatic N) is 4. The van der Waals surface area contributed by atoms with Gasteiger partial charge in [-0.3, -0.25) is 0 Å². The van der Waals surface area contributed by atoms with E-state index in [1.165, 1.54) is 18.1 Å². The Bertz CT molecular complexity index is 448. The lowest BCUT2D eigenvalue weighted by molar-refractivity contribution is 0.263. The third kappa shape index (κ3) is 2.92. The van der Waals surface area contributed by atoms with E-state index in [2.05, 4.69) is 33.3 Å². The summed E-state index contributed by atoms with van der Waals surface area (Å²) in [4.78, 5) is 10.6. The number of likely N-dealkylation sites (tertiary alicyclic amines) is 1. The van der Waals surface area contributed by atoms with Gasteiger partial charge >= 0.3 is 0 Å². The third-order valence-corrected chi connectivity index (χ3v) is 3.87. The summed E-state index contributed by atoms with van der Waals surface area (Å²) in [5.41, 5.74) is 0.559. The van der Waals surface area contributed by atoms with Gasteiger partial charge in [-0.25, -0.2) is 9.97 Å². The zero-order chi connectivity index (χ0) is 13.0. The molecule has 96 valence electrons. The monoisotopic (exact) mass is 263 g/mol. The largest absolute Gasteiger partial charge is 0.366 e. The quantitative estimate of drug-likeness (QED) is 0.660. The van der Waals surface area contributed by atoms with Crippen LogP contribution in [0.4, 0.5) is 5.82 Å². The number of hydrogen-bond donors (Lipinski definition) is 1. The van der Waals surface area contributed by atoms with Gasteiger partial charge in [-0.15, -0.1) is 11.8 Å². The maximum atomic E-state index is 9.21. The first kappa shape index (κ1) is 13.1. The van der Waals surface area contributed by atoms with Crippen LogP contribution in [0.25, 0.3) is 0 Å². The second kappa shape index (κ2) is 6.03. The van der Waals surface area contributed by atoms with Crippen LogP contribution >= 0.6 is 11.8 Å². The van der Waals surface area contributed by atoms with Gasteiger partial charge in [0.2, 0.25) is 0 Å². The Balaban J connectivity index is 2.12. The van der Waals surface area contributed by atoms with Gasteiger partial charge in [-0.2, -0.15) is 5.26 Å². The van der Waals surface area contributed by atoms with Gasteiger partial charge in [0.1, 0.15) is 28.8 Å². The highest BCUT2D eigenvalue weighted by molar-refractivity contribution is 7.98. The number of nitrogens with one attached hydrogen (secondary N) is 1. The SMILES string of the molecule is CSc1ncnc(NC2CCN(C)CC2)c1C#N. The molecule has 6 heteroatoms. The van der Waals surface area contributed by atoms with Gasteiger partial charge in [0.15, 0.2) is 0 Å². The number of thioether (sulfide) groups is 1. The van der Waals surface area contributed by atoms with Crippen molar-refractivity contribution in [2.75, 3.05) is 31.7 Å². The molecule has 5 nitrogen and oxygen atoms in total. The van der Waals surface area contributed by atoms with Crippen molar-refractivity contribution < 1.29 is 0 Å². The number of anilines is 1. The Labute approximate surface area is 112 Å². The maximum absolute atomic E-state index is 9.21. The van der Waals surface area contributed by atoms with Gasteiger partial charge in [0.05, 0.1) is 0 Å². The number of rotatable bonds is 3. The van der Waals surface area contributed by atoms with Crippen LogP contribution in [0.2, 0.25) is 0 Å². The van der Waals surface area contributed by atoms with E-state index >= 15 is 0 Å². The zero-order valence-electron chi connectivity index (χ0n) is 10.7. The zero-order valence-corrected chi connectivity index (χ0v) is 11.5. The standard InChI is InChI=1S/C12H17N5S/c1-17-5-3-9(4-6-17)16-11-10(7-13)12(18-2)15-8-14-11/h8-9H,3-6H2,1-2H3,(H,14,15,16). The van der Waals surface area contributed by atoms with Crippen molar-refractivity contribution in [3.05, 3.63) is 11.9 Å². The van der Waals surface area contributed by atoms with Crippen molar-refractivity contribution in [3.8, 4) is 6.07 Å². The van der Waals surface area contributed by atoms with Crippen LogP contribution in [0.1, 0.15) is 18.4 Å². The summed E-state index contributed by atoms with van der Waals surface area (Å²) >= 11 is 1.47. The molecule has 1 aliphatic heterocycles. The Morgan fingerprint density at radius 1 is 1.44 bits per heavy atom. The maximum Gasteiger partial charge on any atom is 0.148 e. The van der Waals surface area contributed by atoms with Crippen LogP contribution in [0, 0.1) is 11.3 Å². The fourth-order valence-corrected chi connectivity index (χ4v) is 2.58. The van der Waals surface area contributed by atoms with Crippen molar-refractivity contribution in [2.45, 2.75) is 23.9 Å². The van der Waals surface area contributed by atoms with Crippen LogP contribution in [0.5, 0.6) is 0 Å². The van der Waals surface area contributed by atoms with E-state index in [0.717, 1.165) is 31.0 Å². The number of hydrogen-bond acceptors (Lipinski definition) is 6. The van der Waals surface area contributed by atoms with Crippen LogP contribution in [-0.2, 0) is 0 Å². The number of piperidine rings is 1. The molecule has 1 saturated heterocycles. The molecule has 0 saturated carbocycles. The molecule has 0 aromatic carbocycles. The molecule has 0 aliphatic carbocycles. The topological polar surface area (TPSA) is 64.8 Å². The third-order valence-electron chi connectivity index (χ3n) is 3.18. The summed E-state index contributed by atoms with van der Waals surface area (Å²) in [7, 11) is 2.13. The Morgan fingerprint density at radius 2 is 2.17 bits per heavy atom. The second-order valence-electron chi connectivity index (χ2n) is 4.44. The van der Waals surface area contributed by atoms with Gasteiger partial charge < -0.3 is 10.2 Å². The van der Waals surface area contributed by atoms with Gasteiger partial charge in [0.25, 0.3) is 0 Å². The Kier molecular flexibility index (Phi) is 4.39. The van der Waals surface area contributed by atoms with Crippen molar-refractivity contribution in [1.82, 2.24) is 14.9 Å². The van der Waals surface area contributed by atoms with Crippen LogP contribution in [-0.4, -0.2) is 47.3 Å². The molecule has 0 amide bonds. The predicted molar refractivity (Wildman–Crippen MR) is 72.7 cm³/mol. The van der Waals surface area contributed by atoms with E-state index in [1.54, 1.807) is 0 Å². The first-order chi connectivity index (χ1) is 8.74. The van der Waals surface area contributed by atoms with Crippen LogP contribution in [0.3, 0.4) is 0 Å². The minimum absolute atomic E-state index is 0.401. The number of nitriles is 1. The van der Waals surface area contributed by atoms with Gasteiger partial charge in [-0.05, 0) is 39.2 Å². The Morgan fingerprint density at radius 3 is 2.78 bits per heavy atom. The van der Waals surface area contributed by atoms with Crippen LogP contribution < -0.4 is 5.32 Å². The molecule has 0 spiro atoms. The fourth-order valence-electron chi connectivity index (χ4n) is 2.08. The van der Waals surface area contributed by atoms with Crippen LogP contribution in [0.15, 0.2) is 11.4 Å². The summed E-state index contributed by atoms with van der Waals surface area (Å²) in [5, 5.41) is 13.3. The van der Waals surface area contributed by atoms with E-state index in [9.17, 15) is 5.26 Å². The Hall–Kier alpha value is -1.32. The predicted octanol–water partition coefficient (Wildman–Crippen LogP) is 1.58. The molecule has 0 atom stereocenters. The first-order valence-corrected chi connectivity index (χ1v) is 7.21. The minimum atomic E-state index is 0.401. The number of aromatic nitrogens is 2. The molecule has 1 fully saturated rings. The van der Waals surface area contributed by atoms with Crippen molar-refractivity contribution in [1.29, 1.82) is 5.26 Å². The molecule has 2 heterocycles. The van der Waals surface area contributed by atoms with E-state index < -0.39 is 0 Å². The second-order valence-corrected chi connectivity index (χ2v) is 5.24. The summed E-state index contributed by atoms with van der Waals surface area (Å²) in [5.74, 6) is 0.673. The summed E-state index contributed by atoms with van der Waals surface area (Å²) in [6, 6.07) is 2.60. The van der Waals surface area contributed by atoms with E-state index in [-0.39, 0.29) is 0 Å². The minimum Gasteiger partial charge on any atom is -0.366 e. The molecule has 0 unspecified atom stereocenters. The average molecular weight is 263 g/mol. The molecular weight excluding hydrogens is 246 g/mol. The molecule has 1 N–H and O–H groups in total. The normalized spacial score (nSPS) is 17.4. The van der Waals surface area contributed by atoms with Gasteiger partial charge in [0, 0.05) is 6.04 Å². The molecule has 1 aromatic heterocycles. The smallest absolute Gasteiger partial charge is 0.148 e. The van der Waals surface area contributed by atoms with E-state index in [0.29, 0.717) is 17.4 Å². The molecule has 1 aromatic rings. The van der Waals surface area contributed by atoms with Crippen molar-refractivity contribution in [2.24, 2.45) is 0 Å². The molecule has 0 bridgehead atoms. The summed E-state index contributed by atoms with van der Waals surface area (Å²) in [6.07, 6.45) is 5.60. The lowest BCUT2D eigenvalue weighted by atomic mass is 10.1. The fraction of sp³-hybridized carbons (Fsp3) is 0.583. The highest BCUT2D eigenvalue weighted by atomic mass is 32.2. The lowest BCUT2D eigenvalue weighted by Gasteiger charge is -2.30. The highest BCUT2D eigenvalue weighted by Gasteiger charge is 2.19. The molecule has 2 rings (SSSR count). The molecular formula is C12H17N5S. The molecule has 0 radical (unpaired) electrons. The van der Waals surface area contributed by atoms with Crippen molar-refractivity contribution in [3.63, 3.8) is 0 Å². The molecule has 18 heavy (non-hydrogen) atoms. The van der Waals surface area contributed by atoms with Crippen molar-refractivity contribution >= 4 is 17.6 Å². The summed E-state index contributed by atoms with van der Waals surface area (Å²) < 4.78 is 0. The highest BCUT2D eigenvalue weighted by Crippen LogP contribution is 2.23. The average Bonchev–Trinajstić information content (AvgIpc) is 2.41. The molecule has 1 aliphatic rings. The van der Waals surface area contributed by atoms with E-state index in [4.69, 9.17) is 0 Å². The van der Waals surface area contributed by atoms with Gasteiger partial charge in [-0.1, -0.05) is 0 Å². The first-order valence-electron chi connectivity index (χ1n) is 5.98. The van der Waals surface area contributed by atoms with E-state index in [1.807, 2.05) is 6.26 Å². The lowest BCUT2D eigenvalue weighted by Crippen LogP contribution is -2.37.